The minimum atomic E-state index is -1.01. The Balaban J connectivity index is 1.63. The van der Waals surface area contributed by atoms with Crippen molar-refractivity contribution in [3.8, 4) is 23.0 Å². The molecular formula is C27H26N2O7. The predicted octanol–water partition coefficient (Wildman–Crippen LogP) is 3.77. The van der Waals surface area contributed by atoms with E-state index in [0.29, 0.717) is 39.9 Å². The molecule has 2 heterocycles. The molecule has 2 amide bonds. The Morgan fingerprint density at radius 3 is 1.94 bits per heavy atom. The van der Waals surface area contributed by atoms with Crippen molar-refractivity contribution >= 4 is 23.2 Å². The van der Waals surface area contributed by atoms with E-state index in [4.69, 9.17) is 23.8 Å². The smallest absolute Gasteiger partial charge is 0.266 e. The predicted molar refractivity (Wildman–Crippen MR) is 132 cm³/mol. The van der Waals surface area contributed by atoms with Crippen molar-refractivity contribution in [3.63, 3.8) is 0 Å². The summed E-state index contributed by atoms with van der Waals surface area (Å²) in [6, 6.07) is 18.9. The van der Waals surface area contributed by atoms with E-state index in [1.165, 1.54) is 26.2 Å². The van der Waals surface area contributed by atoms with Crippen LogP contribution in [-0.4, -0.2) is 46.4 Å². The molecule has 3 aromatic carbocycles. The van der Waals surface area contributed by atoms with Gasteiger partial charge in [-0.1, -0.05) is 18.2 Å². The molecule has 36 heavy (non-hydrogen) atoms. The molecule has 0 spiro atoms. The summed E-state index contributed by atoms with van der Waals surface area (Å²) in [5.41, 5.74) is 1.78. The van der Waals surface area contributed by atoms with Crippen LogP contribution in [0.25, 0.3) is 0 Å². The second kappa shape index (κ2) is 9.43. The van der Waals surface area contributed by atoms with Crippen LogP contribution in [0.4, 0.5) is 11.4 Å². The number of benzene rings is 3. The molecule has 3 atom stereocenters. The van der Waals surface area contributed by atoms with Crippen molar-refractivity contribution in [3.05, 3.63) is 72.3 Å². The normalized spacial score (nSPS) is 20.9. The lowest BCUT2D eigenvalue weighted by Gasteiger charge is -2.30. The summed E-state index contributed by atoms with van der Waals surface area (Å²) in [7, 11) is 6.16. The number of hydrogen-bond donors (Lipinski definition) is 0. The van der Waals surface area contributed by atoms with Crippen LogP contribution in [0.1, 0.15) is 11.6 Å². The van der Waals surface area contributed by atoms with E-state index in [1.807, 2.05) is 30.3 Å². The minimum Gasteiger partial charge on any atom is -0.497 e. The van der Waals surface area contributed by atoms with Crippen molar-refractivity contribution < 1.29 is 33.4 Å². The molecule has 2 aliphatic rings. The van der Waals surface area contributed by atoms with Crippen LogP contribution >= 0.6 is 0 Å². The van der Waals surface area contributed by atoms with E-state index < -0.39 is 24.0 Å². The fourth-order valence-corrected chi connectivity index (χ4v) is 4.80. The van der Waals surface area contributed by atoms with Crippen LogP contribution in [0.15, 0.2) is 66.7 Å². The third kappa shape index (κ3) is 3.68. The molecule has 9 nitrogen and oxygen atoms in total. The van der Waals surface area contributed by atoms with Crippen LogP contribution in [0.3, 0.4) is 0 Å². The Hall–Kier alpha value is -4.24. The van der Waals surface area contributed by atoms with Crippen LogP contribution < -0.4 is 28.9 Å². The molecule has 2 saturated heterocycles. The molecule has 2 aliphatic heterocycles. The highest BCUT2D eigenvalue weighted by Crippen LogP contribution is 2.51. The van der Waals surface area contributed by atoms with Crippen molar-refractivity contribution in [2.45, 2.75) is 12.1 Å². The highest BCUT2D eigenvalue weighted by atomic mass is 16.7. The number of carbonyl (C=O) groups is 2. The Kier molecular flexibility index (Phi) is 6.15. The fourth-order valence-electron chi connectivity index (χ4n) is 4.80. The summed E-state index contributed by atoms with van der Waals surface area (Å²) in [6.07, 6.45) is -1.01. The van der Waals surface area contributed by atoms with Gasteiger partial charge in [0.1, 0.15) is 23.5 Å². The number of methoxy groups -OCH3 is 4. The van der Waals surface area contributed by atoms with Crippen molar-refractivity contribution in [2.24, 2.45) is 5.92 Å². The standard InChI is InChI=1S/C27H26N2O7/c1-32-18-12-10-16(11-13-18)28-26(30)23-24(19-14-21(34-3)22(35-4)15-20(19)33-2)29(36-25(23)27(28)31)17-8-6-5-7-9-17/h5-15,23-25H,1-4H3. The second-order valence-electron chi connectivity index (χ2n) is 8.32. The molecule has 3 aromatic rings. The molecule has 186 valence electrons. The van der Waals surface area contributed by atoms with E-state index >= 15 is 0 Å². The quantitative estimate of drug-likeness (QED) is 0.463. The van der Waals surface area contributed by atoms with E-state index in [0.717, 1.165) is 0 Å². The number of fused-ring (bicyclic) bond motifs is 1. The Morgan fingerprint density at radius 2 is 1.33 bits per heavy atom. The minimum absolute atomic E-state index is 0.365. The molecule has 0 aliphatic carbocycles. The Morgan fingerprint density at radius 1 is 0.694 bits per heavy atom. The largest absolute Gasteiger partial charge is 0.497 e. The zero-order valence-corrected chi connectivity index (χ0v) is 20.3. The highest BCUT2D eigenvalue weighted by molar-refractivity contribution is 6.24. The maximum atomic E-state index is 13.9. The Bertz CT molecular complexity index is 1280. The van der Waals surface area contributed by atoms with E-state index in [9.17, 15) is 9.59 Å². The Labute approximate surface area is 208 Å². The monoisotopic (exact) mass is 490 g/mol. The van der Waals surface area contributed by atoms with Gasteiger partial charge in [-0.05, 0) is 42.5 Å². The van der Waals surface area contributed by atoms with Crippen molar-refractivity contribution in [1.29, 1.82) is 0 Å². The van der Waals surface area contributed by atoms with E-state index in [2.05, 4.69) is 0 Å². The summed E-state index contributed by atoms with van der Waals surface area (Å²) < 4.78 is 21.9. The molecule has 0 saturated carbocycles. The SMILES string of the molecule is COc1ccc(N2C(=O)C3ON(c4ccccc4)C(c4cc(OC)c(OC)cc4OC)C3C2=O)cc1. The summed E-state index contributed by atoms with van der Waals surface area (Å²) in [6.45, 7) is 0. The van der Waals surface area contributed by atoms with Gasteiger partial charge in [-0.25, -0.2) is 9.96 Å². The van der Waals surface area contributed by atoms with Crippen LogP contribution in [0, 0.1) is 5.92 Å². The maximum absolute atomic E-state index is 13.9. The van der Waals surface area contributed by atoms with Gasteiger partial charge in [0.25, 0.3) is 5.91 Å². The van der Waals surface area contributed by atoms with Crippen molar-refractivity contribution in [1.82, 2.24) is 0 Å². The third-order valence-corrected chi connectivity index (χ3v) is 6.51. The molecule has 0 aromatic heterocycles. The van der Waals surface area contributed by atoms with Gasteiger partial charge >= 0.3 is 0 Å². The average Bonchev–Trinajstić information content (AvgIpc) is 3.43. The van der Waals surface area contributed by atoms with Crippen molar-refractivity contribution in [2.75, 3.05) is 38.4 Å². The van der Waals surface area contributed by atoms with Crippen LogP contribution in [0.5, 0.6) is 23.0 Å². The first-order chi connectivity index (χ1) is 17.5. The lowest BCUT2D eigenvalue weighted by atomic mass is 9.89. The number of nitrogens with zero attached hydrogens (tertiary/aromatic N) is 2. The number of carbonyl (C=O) groups excluding carboxylic acids is 2. The van der Waals surface area contributed by atoms with Crippen LogP contribution in [0.2, 0.25) is 0 Å². The van der Waals surface area contributed by atoms with E-state index in [-0.39, 0.29) is 5.91 Å². The molecular weight excluding hydrogens is 464 g/mol. The number of amides is 2. The topological polar surface area (TPSA) is 86.8 Å². The number of anilines is 2. The van der Waals surface area contributed by atoms with Gasteiger partial charge in [-0.2, -0.15) is 0 Å². The zero-order valence-electron chi connectivity index (χ0n) is 20.3. The summed E-state index contributed by atoms with van der Waals surface area (Å²) in [4.78, 5) is 34.8. The average molecular weight is 491 g/mol. The number of hydroxylamine groups is 1. The molecule has 3 unspecified atom stereocenters. The highest BCUT2D eigenvalue weighted by Gasteiger charge is 2.61. The summed E-state index contributed by atoms with van der Waals surface area (Å²) in [5.74, 6) is 0.422. The van der Waals surface area contributed by atoms with Gasteiger partial charge in [0.2, 0.25) is 5.91 Å². The van der Waals surface area contributed by atoms with Gasteiger partial charge in [-0.15, -0.1) is 0 Å². The van der Waals surface area contributed by atoms with E-state index in [1.54, 1.807) is 48.6 Å². The van der Waals surface area contributed by atoms with Gasteiger partial charge in [0.15, 0.2) is 17.6 Å². The summed E-state index contributed by atoms with van der Waals surface area (Å²) in [5, 5.41) is 1.61. The van der Waals surface area contributed by atoms with Gasteiger partial charge in [0.05, 0.1) is 39.8 Å². The fraction of sp³-hybridized carbons (Fsp3) is 0.259. The second-order valence-corrected chi connectivity index (χ2v) is 8.32. The molecule has 9 heteroatoms. The number of para-hydroxylation sites is 1. The molecule has 0 N–H and O–H groups in total. The van der Waals surface area contributed by atoms with Gasteiger partial charge in [0, 0.05) is 11.6 Å². The molecule has 5 rings (SSSR count). The first-order valence-corrected chi connectivity index (χ1v) is 11.3. The first-order valence-electron chi connectivity index (χ1n) is 11.3. The zero-order chi connectivity index (χ0) is 25.4. The number of ether oxygens (including phenoxy) is 4. The molecule has 0 bridgehead atoms. The molecule has 0 radical (unpaired) electrons. The third-order valence-electron chi connectivity index (χ3n) is 6.51. The number of rotatable bonds is 7. The first kappa shape index (κ1) is 23.5. The van der Waals surface area contributed by atoms with Gasteiger partial charge < -0.3 is 18.9 Å². The lowest BCUT2D eigenvalue weighted by Crippen LogP contribution is -2.37. The maximum Gasteiger partial charge on any atom is 0.266 e. The van der Waals surface area contributed by atoms with Gasteiger partial charge in [-0.3, -0.25) is 14.4 Å². The molecule has 2 fully saturated rings. The number of hydrogen-bond acceptors (Lipinski definition) is 8. The van der Waals surface area contributed by atoms with Crippen LogP contribution in [-0.2, 0) is 14.4 Å². The number of imide groups is 1. The summed E-state index contributed by atoms with van der Waals surface area (Å²) >= 11 is 0. The lowest BCUT2D eigenvalue weighted by molar-refractivity contribution is -0.126.